The van der Waals surface area contributed by atoms with Gasteiger partial charge in [-0.3, -0.25) is 9.78 Å². The molecule has 1 N–H and O–H groups in total. The van der Waals surface area contributed by atoms with Crippen LogP contribution in [0.3, 0.4) is 0 Å². The number of likely N-dealkylation sites (tertiary alicyclic amines) is 1. The number of rotatable bonds is 3. The first kappa shape index (κ1) is 17.3. The fourth-order valence-electron chi connectivity index (χ4n) is 4.40. The number of aliphatic hydroxyl groups is 1. The molecule has 5 rings (SSSR count). The van der Waals surface area contributed by atoms with E-state index in [-0.39, 0.29) is 23.8 Å². The number of amides is 1. The Morgan fingerprint density at radius 2 is 2.18 bits per heavy atom. The normalized spacial score (nSPS) is 23.9. The van der Waals surface area contributed by atoms with E-state index in [1.54, 1.807) is 12.4 Å². The molecule has 1 aromatic carbocycles. The molecule has 1 amide bonds. The minimum absolute atomic E-state index is 0.0223. The van der Waals surface area contributed by atoms with Gasteiger partial charge in [-0.25, -0.2) is 4.98 Å². The first-order chi connectivity index (χ1) is 13.7. The molecule has 6 heteroatoms. The molecule has 0 unspecified atom stereocenters. The number of aliphatic hydroxyl groups excluding tert-OH is 1. The second-order valence-corrected chi connectivity index (χ2v) is 7.73. The van der Waals surface area contributed by atoms with Crippen molar-refractivity contribution in [2.75, 3.05) is 32.9 Å². The van der Waals surface area contributed by atoms with Crippen molar-refractivity contribution in [3.63, 3.8) is 0 Å². The average Bonchev–Trinajstić information content (AvgIpc) is 3.31. The van der Waals surface area contributed by atoms with Gasteiger partial charge in [0.1, 0.15) is 0 Å². The summed E-state index contributed by atoms with van der Waals surface area (Å²) in [5, 5.41) is 10.8. The molecule has 2 fully saturated rings. The highest BCUT2D eigenvalue weighted by Gasteiger charge is 2.51. The van der Waals surface area contributed by atoms with Gasteiger partial charge in [-0.15, -0.1) is 0 Å². The van der Waals surface area contributed by atoms with Gasteiger partial charge in [0.05, 0.1) is 36.6 Å². The Morgan fingerprint density at radius 1 is 1.29 bits per heavy atom. The minimum Gasteiger partial charge on any atom is -0.396 e. The molecule has 2 atom stereocenters. The monoisotopic (exact) mass is 375 g/mol. The summed E-state index contributed by atoms with van der Waals surface area (Å²) in [4.78, 5) is 24.3. The Morgan fingerprint density at radius 3 is 2.96 bits per heavy atom. The molecule has 4 heterocycles. The SMILES string of the molecule is O=C(c1cc(-c2cccnc2)nc2ccccc12)N1C[C@H]2COC[C@@]2(CO)C1. The van der Waals surface area contributed by atoms with E-state index >= 15 is 0 Å². The molecule has 2 saturated heterocycles. The summed E-state index contributed by atoms with van der Waals surface area (Å²) in [6.45, 7) is 2.28. The standard InChI is InChI=1S/C22H21N3O3/c26-13-22-12-25(10-16(22)11-28-14-22)21(27)18-8-20(15-4-3-7-23-9-15)24-19-6-2-1-5-17(18)19/h1-9,16,26H,10-14H2/t16-,22-/m0/s1. The molecule has 0 bridgehead atoms. The second kappa shape index (κ2) is 6.65. The summed E-state index contributed by atoms with van der Waals surface area (Å²) in [5.41, 5.74) is 2.70. The average molecular weight is 375 g/mol. The number of aromatic nitrogens is 2. The first-order valence-electron chi connectivity index (χ1n) is 9.48. The number of carbonyl (C=O) groups excluding carboxylic acids is 1. The van der Waals surface area contributed by atoms with Gasteiger partial charge < -0.3 is 14.7 Å². The Balaban J connectivity index is 1.57. The number of hydrogen-bond donors (Lipinski definition) is 1. The van der Waals surface area contributed by atoms with Crippen LogP contribution in [0.15, 0.2) is 54.9 Å². The molecule has 6 nitrogen and oxygen atoms in total. The quantitative estimate of drug-likeness (QED) is 0.761. The summed E-state index contributed by atoms with van der Waals surface area (Å²) < 4.78 is 5.57. The Hall–Kier alpha value is -2.83. The Bertz CT molecular complexity index is 1040. The zero-order chi connectivity index (χ0) is 19.1. The molecule has 3 aromatic rings. The van der Waals surface area contributed by atoms with Gasteiger partial charge in [-0.05, 0) is 24.3 Å². The van der Waals surface area contributed by atoms with Crippen molar-refractivity contribution < 1.29 is 14.6 Å². The predicted octanol–water partition coefficient (Wildman–Crippen LogP) is 2.38. The molecule has 0 saturated carbocycles. The highest BCUT2D eigenvalue weighted by atomic mass is 16.5. The molecule has 28 heavy (non-hydrogen) atoms. The Labute approximate surface area is 162 Å². The molecular weight excluding hydrogens is 354 g/mol. The van der Waals surface area contributed by atoms with Gasteiger partial charge >= 0.3 is 0 Å². The van der Waals surface area contributed by atoms with Crippen molar-refractivity contribution in [1.82, 2.24) is 14.9 Å². The van der Waals surface area contributed by atoms with Crippen LogP contribution in [-0.4, -0.2) is 58.8 Å². The van der Waals surface area contributed by atoms with E-state index in [0.29, 0.717) is 31.9 Å². The lowest BCUT2D eigenvalue weighted by molar-refractivity contribution is 0.0632. The number of ether oxygens (including phenoxy) is 1. The lowest BCUT2D eigenvalue weighted by atomic mass is 9.82. The van der Waals surface area contributed by atoms with E-state index in [2.05, 4.69) is 4.98 Å². The molecular formula is C22H21N3O3. The largest absolute Gasteiger partial charge is 0.396 e. The van der Waals surface area contributed by atoms with E-state index in [0.717, 1.165) is 22.2 Å². The summed E-state index contributed by atoms with van der Waals surface area (Å²) in [5.74, 6) is 0.165. The van der Waals surface area contributed by atoms with E-state index in [1.165, 1.54) is 0 Å². The van der Waals surface area contributed by atoms with Crippen molar-refractivity contribution in [3.05, 3.63) is 60.4 Å². The van der Waals surface area contributed by atoms with Gasteiger partial charge in [-0.1, -0.05) is 18.2 Å². The summed E-state index contributed by atoms with van der Waals surface area (Å²) in [7, 11) is 0. The number of benzene rings is 1. The van der Waals surface area contributed by atoms with Crippen LogP contribution in [0, 0.1) is 11.3 Å². The van der Waals surface area contributed by atoms with Crippen LogP contribution in [0.4, 0.5) is 0 Å². The zero-order valence-electron chi connectivity index (χ0n) is 15.4. The molecule has 142 valence electrons. The maximum absolute atomic E-state index is 13.5. The fraction of sp³-hybridized carbons (Fsp3) is 0.318. The third-order valence-electron chi connectivity index (χ3n) is 6.03. The number of para-hydroxylation sites is 1. The lowest BCUT2D eigenvalue weighted by Crippen LogP contribution is -2.36. The van der Waals surface area contributed by atoms with Gasteiger partial charge in [0.25, 0.3) is 5.91 Å². The minimum atomic E-state index is -0.329. The van der Waals surface area contributed by atoms with Gasteiger partial charge in [0.15, 0.2) is 0 Å². The van der Waals surface area contributed by atoms with Crippen LogP contribution >= 0.6 is 0 Å². The van der Waals surface area contributed by atoms with Crippen molar-refractivity contribution in [2.45, 2.75) is 0 Å². The van der Waals surface area contributed by atoms with E-state index in [4.69, 9.17) is 9.72 Å². The molecule has 0 spiro atoms. The molecule has 0 aliphatic carbocycles. The highest BCUT2D eigenvalue weighted by Crippen LogP contribution is 2.41. The van der Waals surface area contributed by atoms with Gasteiger partial charge in [0.2, 0.25) is 0 Å². The van der Waals surface area contributed by atoms with E-state index in [9.17, 15) is 9.90 Å². The zero-order valence-corrected chi connectivity index (χ0v) is 15.4. The van der Waals surface area contributed by atoms with Gasteiger partial charge in [0, 0.05) is 47.8 Å². The van der Waals surface area contributed by atoms with E-state index < -0.39 is 0 Å². The highest BCUT2D eigenvalue weighted by molar-refractivity contribution is 6.07. The van der Waals surface area contributed by atoms with Crippen molar-refractivity contribution in [1.29, 1.82) is 0 Å². The molecule has 2 aliphatic rings. The topological polar surface area (TPSA) is 75.6 Å². The number of hydrogen-bond acceptors (Lipinski definition) is 5. The maximum Gasteiger partial charge on any atom is 0.254 e. The summed E-state index contributed by atoms with van der Waals surface area (Å²) in [6, 6.07) is 13.4. The number of fused-ring (bicyclic) bond motifs is 2. The van der Waals surface area contributed by atoms with Crippen molar-refractivity contribution in [2.24, 2.45) is 11.3 Å². The molecule has 2 aromatic heterocycles. The lowest BCUT2D eigenvalue weighted by Gasteiger charge is -2.24. The second-order valence-electron chi connectivity index (χ2n) is 7.73. The number of carbonyl (C=O) groups is 1. The van der Waals surface area contributed by atoms with Crippen LogP contribution in [0.2, 0.25) is 0 Å². The van der Waals surface area contributed by atoms with Crippen LogP contribution in [0.1, 0.15) is 10.4 Å². The van der Waals surface area contributed by atoms with Crippen LogP contribution < -0.4 is 0 Å². The number of pyridine rings is 2. The van der Waals surface area contributed by atoms with Crippen LogP contribution in [0.5, 0.6) is 0 Å². The molecule has 0 radical (unpaired) electrons. The smallest absolute Gasteiger partial charge is 0.254 e. The number of nitrogens with zero attached hydrogens (tertiary/aromatic N) is 3. The fourth-order valence-corrected chi connectivity index (χ4v) is 4.40. The van der Waals surface area contributed by atoms with E-state index in [1.807, 2.05) is 47.4 Å². The maximum atomic E-state index is 13.5. The van der Waals surface area contributed by atoms with Gasteiger partial charge in [-0.2, -0.15) is 0 Å². The van der Waals surface area contributed by atoms with Crippen LogP contribution in [0.25, 0.3) is 22.2 Å². The Kier molecular flexibility index (Phi) is 4.10. The first-order valence-corrected chi connectivity index (χ1v) is 9.48. The van der Waals surface area contributed by atoms with Crippen molar-refractivity contribution in [3.8, 4) is 11.3 Å². The third-order valence-corrected chi connectivity index (χ3v) is 6.03. The predicted molar refractivity (Wildman–Crippen MR) is 105 cm³/mol. The molecule has 2 aliphatic heterocycles. The summed E-state index contributed by atoms with van der Waals surface area (Å²) >= 11 is 0. The van der Waals surface area contributed by atoms with Crippen LogP contribution in [-0.2, 0) is 4.74 Å². The summed E-state index contributed by atoms with van der Waals surface area (Å²) in [6.07, 6.45) is 3.47. The van der Waals surface area contributed by atoms with Crippen molar-refractivity contribution >= 4 is 16.8 Å². The third kappa shape index (κ3) is 2.68.